The Morgan fingerprint density at radius 1 is 1.30 bits per heavy atom. The van der Waals surface area contributed by atoms with Crippen molar-refractivity contribution in [1.29, 1.82) is 0 Å². The van der Waals surface area contributed by atoms with E-state index in [4.69, 9.17) is 16.3 Å². The zero-order chi connectivity index (χ0) is 18.8. The van der Waals surface area contributed by atoms with Crippen LogP contribution in [0, 0.1) is 5.92 Å². The molecule has 2 N–H and O–H groups in total. The first-order valence-corrected chi connectivity index (χ1v) is 9.45. The lowest BCUT2D eigenvalue weighted by Gasteiger charge is -2.19. The van der Waals surface area contributed by atoms with Crippen molar-refractivity contribution in [1.82, 2.24) is 19.7 Å². The van der Waals surface area contributed by atoms with Gasteiger partial charge in [0.25, 0.3) is 0 Å². The molecule has 0 bridgehead atoms. The van der Waals surface area contributed by atoms with E-state index in [1.165, 1.54) is 0 Å². The maximum atomic E-state index is 9.57. The predicted molar refractivity (Wildman–Crippen MR) is 104 cm³/mol. The van der Waals surface area contributed by atoms with E-state index in [1.54, 1.807) is 7.11 Å². The van der Waals surface area contributed by atoms with Gasteiger partial charge in [0.2, 0.25) is 5.28 Å². The first kappa shape index (κ1) is 18.0. The van der Waals surface area contributed by atoms with Gasteiger partial charge in [0.1, 0.15) is 11.3 Å². The van der Waals surface area contributed by atoms with E-state index in [1.807, 2.05) is 35.1 Å². The number of rotatable bonds is 6. The van der Waals surface area contributed by atoms with Crippen LogP contribution in [0.4, 0.5) is 5.82 Å². The highest BCUT2D eigenvalue weighted by Gasteiger charge is 2.28. The molecular formula is C19H22ClN5O2. The second kappa shape index (κ2) is 7.70. The second-order valence-corrected chi connectivity index (χ2v) is 7.18. The van der Waals surface area contributed by atoms with Gasteiger partial charge in [-0.15, -0.1) is 0 Å². The van der Waals surface area contributed by atoms with Gasteiger partial charge in [-0.2, -0.15) is 10.1 Å². The monoisotopic (exact) mass is 387 g/mol. The lowest BCUT2D eigenvalue weighted by Crippen LogP contribution is -2.27. The molecule has 142 valence electrons. The summed E-state index contributed by atoms with van der Waals surface area (Å²) in [5, 5.41) is 17.8. The van der Waals surface area contributed by atoms with Crippen molar-refractivity contribution < 1.29 is 9.84 Å². The Hall–Kier alpha value is -2.38. The zero-order valence-electron chi connectivity index (χ0n) is 15.1. The Bertz CT molecular complexity index is 945. The summed E-state index contributed by atoms with van der Waals surface area (Å²) in [5.41, 5.74) is 2.39. The topological polar surface area (TPSA) is 85.1 Å². The fourth-order valence-corrected chi connectivity index (χ4v) is 3.92. The zero-order valence-corrected chi connectivity index (χ0v) is 15.9. The van der Waals surface area contributed by atoms with E-state index in [9.17, 15) is 5.11 Å². The van der Waals surface area contributed by atoms with Gasteiger partial charge in [0.05, 0.1) is 19.9 Å². The number of ether oxygens (including phenoxy) is 1. The molecule has 0 spiro atoms. The number of para-hydroxylation sites is 1. The van der Waals surface area contributed by atoms with Crippen LogP contribution in [0.3, 0.4) is 0 Å². The minimum atomic E-state index is 0.169. The lowest BCUT2D eigenvalue weighted by atomic mass is 10.1. The highest BCUT2D eigenvalue weighted by molar-refractivity contribution is 6.28. The van der Waals surface area contributed by atoms with Crippen LogP contribution in [0.15, 0.2) is 30.5 Å². The van der Waals surface area contributed by atoms with Gasteiger partial charge in [-0.3, -0.25) is 4.68 Å². The maximum Gasteiger partial charge on any atom is 0.225 e. The van der Waals surface area contributed by atoms with E-state index in [-0.39, 0.29) is 23.9 Å². The van der Waals surface area contributed by atoms with Crippen molar-refractivity contribution >= 4 is 28.5 Å². The number of nitrogens with zero attached hydrogens (tertiary/aromatic N) is 4. The summed E-state index contributed by atoms with van der Waals surface area (Å²) in [5.74, 6) is 1.66. The summed E-state index contributed by atoms with van der Waals surface area (Å²) < 4.78 is 7.24. The Labute approximate surface area is 162 Å². The number of anilines is 1. The third kappa shape index (κ3) is 3.70. The number of methoxy groups -OCH3 is 1. The molecule has 4 rings (SSSR count). The standard InChI is InChI=1S/C19H22ClN5O2/c1-27-16-8-3-2-5-12(16)9-25-10-15-17(24-25)18(23-19(20)22-15)21-14-7-4-6-13(14)11-26/h2-3,5,8,10,13-14,26H,4,6-7,9,11H2,1H3,(H,21,22,23). The molecule has 27 heavy (non-hydrogen) atoms. The molecule has 1 aromatic carbocycles. The predicted octanol–water partition coefficient (Wildman–Crippen LogP) is 3.11. The van der Waals surface area contributed by atoms with Gasteiger partial charge in [-0.05, 0) is 30.5 Å². The SMILES string of the molecule is COc1ccccc1Cn1cc2nc(Cl)nc(NC3CCCC3CO)c2n1. The molecule has 1 fully saturated rings. The van der Waals surface area contributed by atoms with Crippen molar-refractivity contribution in [2.75, 3.05) is 19.0 Å². The molecule has 2 unspecified atom stereocenters. The van der Waals surface area contributed by atoms with Crippen LogP contribution in [0.25, 0.3) is 11.0 Å². The van der Waals surface area contributed by atoms with Crippen LogP contribution in [0.1, 0.15) is 24.8 Å². The van der Waals surface area contributed by atoms with Crippen molar-refractivity contribution in [2.24, 2.45) is 5.92 Å². The first-order chi connectivity index (χ1) is 13.2. The molecule has 7 nitrogen and oxygen atoms in total. The molecular weight excluding hydrogens is 366 g/mol. The van der Waals surface area contributed by atoms with Gasteiger partial charge in [0.15, 0.2) is 11.3 Å². The van der Waals surface area contributed by atoms with E-state index in [0.717, 1.165) is 30.6 Å². The number of hydrogen-bond donors (Lipinski definition) is 2. The summed E-state index contributed by atoms with van der Waals surface area (Å²) in [6, 6.07) is 8.02. The summed E-state index contributed by atoms with van der Waals surface area (Å²) in [4.78, 5) is 8.65. The van der Waals surface area contributed by atoms with Crippen LogP contribution in [0.2, 0.25) is 5.28 Å². The molecule has 1 aliphatic rings. The Balaban J connectivity index is 1.65. The lowest BCUT2D eigenvalue weighted by molar-refractivity contribution is 0.222. The smallest absolute Gasteiger partial charge is 0.225 e. The summed E-state index contributed by atoms with van der Waals surface area (Å²) >= 11 is 6.13. The van der Waals surface area contributed by atoms with Gasteiger partial charge in [-0.1, -0.05) is 24.6 Å². The van der Waals surface area contributed by atoms with Crippen LogP contribution in [0.5, 0.6) is 5.75 Å². The molecule has 0 aliphatic heterocycles. The van der Waals surface area contributed by atoms with Crippen molar-refractivity contribution in [3.8, 4) is 5.75 Å². The molecule has 2 heterocycles. The number of hydrogen-bond acceptors (Lipinski definition) is 6. The number of fused-ring (bicyclic) bond motifs is 1. The van der Waals surface area contributed by atoms with Gasteiger partial charge in [0, 0.05) is 24.1 Å². The normalized spacial score (nSPS) is 19.5. The number of halogens is 1. The third-order valence-electron chi connectivity index (χ3n) is 5.12. The van der Waals surface area contributed by atoms with E-state index < -0.39 is 0 Å². The van der Waals surface area contributed by atoms with Gasteiger partial charge in [-0.25, -0.2) is 4.98 Å². The molecule has 2 aromatic heterocycles. The van der Waals surface area contributed by atoms with Crippen molar-refractivity contribution in [3.05, 3.63) is 41.3 Å². The number of aliphatic hydroxyl groups excluding tert-OH is 1. The summed E-state index contributed by atoms with van der Waals surface area (Å²) in [6.45, 7) is 0.724. The number of benzene rings is 1. The average molecular weight is 388 g/mol. The van der Waals surface area contributed by atoms with Gasteiger partial charge < -0.3 is 15.2 Å². The minimum Gasteiger partial charge on any atom is -0.496 e. The highest BCUT2D eigenvalue weighted by atomic mass is 35.5. The molecule has 0 amide bonds. The molecule has 0 saturated heterocycles. The Morgan fingerprint density at radius 2 is 2.15 bits per heavy atom. The second-order valence-electron chi connectivity index (χ2n) is 6.84. The van der Waals surface area contributed by atoms with E-state index in [2.05, 4.69) is 20.4 Å². The molecule has 2 atom stereocenters. The number of aliphatic hydroxyl groups is 1. The van der Waals surface area contributed by atoms with E-state index in [0.29, 0.717) is 23.4 Å². The molecule has 3 aromatic rings. The fraction of sp³-hybridized carbons (Fsp3) is 0.421. The molecule has 1 saturated carbocycles. The largest absolute Gasteiger partial charge is 0.496 e. The van der Waals surface area contributed by atoms with Crippen LogP contribution in [-0.2, 0) is 6.54 Å². The van der Waals surface area contributed by atoms with Crippen molar-refractivity contribution in [3.63, 3.8) is 0 Å². The third-order valence-corrected chi connectivity index (χ3v) is 5.29. The average Bonchev–Trinajstić information content (AvgIpc) is 3.28. The molecule has 1 aliphatic carbocycles. The number of nitrogens with one attached hydrogen (secondary N) is 1. The number of aromatic nitrogens is 4. The van der Waals surface area contributed by atoms with E-state index >= 15 is 0 Å². The van der Waals surface area contributed by atoms with Crippen LogP contribution >= 0.6 is 11.6 Å². The van der Waals surface area contributed by atoms with Gasteiger partial charge >= 0.3 is 0 Å². The quantitative estimate of drug-likeness (QED) is 0.632. The maximum absolute atomic E-state index is 9.57. The minimum absolute atomic E-state index is 0.169. The Kier molecular flexibility index (Phi) is 5.13. The summed E-state index contributed by atoms with van der Waals surface area (Å²) in [7, 11) is 1.66. The fourth-order valence-electron chi connectivity index (χ4n) is 3.74. The van der Waals surface area contributed by atoms with Crippen LogP contribution in [-0.4, -0.2) is 44.6 Å². The summed E-state index contributed by atoms with van der Waals surface area (Å²) in [6.07, 6.45) is 4.96. The van der Waals surface area contributed by atoms with Crippen LogP contribution < -0.4 is 10.1 Å². The van der Waals surface area contributed by atoms with Crippen molar-refractivity contribution in [2.45, 2.75) is 31.8 Å². The first-order valence-electron chi connectivity index (χ1n) is 9.08. The Morgan fingerprint density at radius 3 is 2.96 bits per heavy atom. The molecule has 8 heteroatoms. The highest BCUT2D eigenvalue weighted by Crippen LogP contribution is 2.30. The molecule has 0 radical (unpaired) electrons.